The summed E-state index contributed by atoms with van der Waals surface area (Å²) < 4.78 is 0. The van der Waals surface area contributed by atoms with E-state index in [2.05, 4.69) is 10.5 Å². The fraction of sp³-hybridized carbons (Fsp3) is 0.273. The van der Waals surface area contributed by atoms with Crippen molar-refractivity contribution in [2.45, 2.75) is 19.4 Å². The molecule has 0 saturated heterocycles. The van der Waals surface area contributed by atoms with Crippen molar-refractivity contribution in [1.82, 2.24) is 5.32 Å². The Labute approximate surface area is 104 Å². The van der Waals surface area contributed by atoms with Gasteiger partial charge in [-0.2, -0.15) is 0 Å². The van der Waals surface area contributed by atoms with Gasteiger partial charge in [0.25, 0.3) is 5.91 Å². The predicted molar refractivity (Wildman–Crippen MR) is 64.7 cm³/mol. The number of benzene rings is 1. The highest BCUT2D eigenvalue weighted by atomic mass is 16.4. The molecule has 1 rings (SSSR count). The standard InChI is InChI=1S/C11H15N3O4/c1-11(2,10(12)14-18)13-9(17)6-4-3-5-7(15)8(6)16/h3-5,15-16,18H,1-2H3,(H2,12,14)(H,13,17). The third-order valence-electron chi connectivity index (χ3n) is 2.43. The van der Waals surface area contributed by atoms with E-state index in [-0.39, 0.29) is 11.4 Å². The predicted octanol–water partition coefficient (Wildman–Crippen LogP) is 0.353. The number of amidine groups is 1. The molecule has 18 heavy (non-hydrogen) atoms. The van der Waals surface area contributed by atoms with Crippen molar-refractivity contribution in [3.05, 3.63) is 23.8 Å². The molecule has 0 heterocycles. The van der Waals surface area contributed by atoms with Crippen LogP contribution in [0, 0.1) is 0 Å². The first-order valence-corrected chi connectivity index (χ1v) is 5.11. The fourth-order valence-electron chi connectivity index (χ4n) is 1.25. The number of carbonyl (C=O) groups excluding carboxylic acids is 1. The number of hydrogen-bond acceptors (Lipinski definition) is 5. The minimum atomic E-state index is -1.09. The van der Waals surface area contributed by atoms with Crippen molar-refractivity contribution in [2.24, 2.45) is 10.9 Å². The number of nitrogens with two attached hydrogens (primary N) is 1. The average Bonchev–Trinajstić information content (AvgIpc) is 2.30. The smallest absolute Gasteiger partial charge is 0.255 e. The lowest BCUT2D eigenvalue weighted by atomic mass is 10.0. The summed E-state index contributed by atoms with van der Waals surface area (Å²) in [6, 6.07) is 4.01. The second-order valence-electron chi connectivity index (χ2n) is 4.24. The Morgan fingerprint density at radius 2 is 2.00 bits per heavy atom. The Balaban J connectivity index is 3.00. The minimum absolute atomic E-state index is 0.103. The van der Waals surface area contributed by atoms with Crippen LogP contribution in [0.1, 0.15) is 24.2 Å². The van der Waals surface area contributed by atoms with E-state index in [1.807, 2.05) is 0 Å². The molecule has 0 aliphatic rings. The van der Waals surface area contributed by atoms with Crippen LogP contribution in [-0.4, -0.2) is 32.7 Å². The average molecular weight is 253 g/mol. The monoisotopic (exact) mass is 253 g/mol. The van der Waals surface area contributed by atoms with Crippen molar-refractivity contribution in [3.8, 4) is 11.5 Å². The lowest BCUT2D eigenvalue weighted by Gasteiger charge is -2.24. The first kappa shape index (κ1) is 13.6. The van der Waals surface area contributed by atoms with Gasteiger partial charge in [0, 0.05) is 0 Å². The second kappa shape index (κ2) is 4.82. The third kappa shape index (κ3) is 2.62. The highest BCUT2D eigenvalue weighted by molar-refractivity contribution is 6.01. The number of oxime groups is 1. The first-order valence-electron chi connectivity index (χ1n) is 5.11. The second-order valence-corrected chi connectivity index (χ2v) is 4.24. The van der Waals surface area contributed by atoms with Crippen LogP contribution in [0.3, 0.4) is 0 Å². The van der Waals surface area contributed by atoms with Crippen LogP contribution in [0.5, 0.6) is 11.5 Å². The number of nitrogens with zero attached hydrogens (tertiary/aromatic N) is 1. The van der Waals surface area contributed by atoms with Gasteiger partial charge in [-0.3, -0.25) is 4.79 Å². The molecule has 7 heteroatoms. The maximum absolute atomic E-state index is 11.9. The molecule has 0 radical (unpaired) electrons. The molecule has 1 amide bonds. The number of aromatic hydroxyl groups is 2. The van der Waals surface area contributed by atoms with Crippen LogP contribution in [0.25, 0.3) is 0 Å². The van der Waals surface area contributed by atoms with Gasteiger partial charge in [0.2, 0.25) is 0 Å². The van der Waals surface area contributed by atoms with Crippen molar-refractivity contribution in [1.29, 1.82) is 0 Å². The van der Waals surface area contributed by atoms with E-state index in [0.29, 0.717) is 0 Å². The number of hydrogen-bond donors (Lipinski definition) is 5. The molecule has 6 N–H and O–H groups in total. The Morgan fingerprint density at radius 1 is 1.39 bits per heavy atom. The van der Waals surface area contributed by atoms with E-state index < -0.39 is 22.9 Å². The van der Waals surface area contributed by atoms with E-state index in [0.717, 1.165) is 0 Å². The van der Waals surface area contributed by atoms with Gasteiger partial charge >= 0.3 is 0 Å². The van der Waals surface area contributed by atoms with E-state index in [1.165, 1.54) is 32.0 Å². The molecule has 0 saturated carbocycles. The maximum atomic E-state index is 11.9. The van der Waals surface area contributed by atoms with Gasteiger partial charge in [-0.25, -0.2) is 0 Å². The number of rotatable bonds is 3. The molecule has 0 aliphatic heterocycles. The normalized spacial score (nSPS) is 12.2. The van der Waals surface area contributed by atoms with Crippen molar-refractivity contribution in [3.63, 3.8) is 0 Å². The number of para-hydroxylation sites is 1. The molecule has 98 valence electrons. The highest BCUT2D eigenvalue weighted by Gasteiger charge is 2.27. The molecule has 7 nitrogen and oxygen atoms in total. The summed E-state index contributed by atoms with van der Waals surface area (Å²) in [4.78, 5) is 11.9. The summed E-state index contributed by atoms with van der Waals surface area (Å²) >= 11 is 0. The van der Waals surface area contributed by atoms with E-state index in [1.54, 1.807) is 0 Å². The van der Waals surface area contributed by atoms with Crippen molar-refractivity contribution < 1.29 is 20.2 Å². The quantitative estimate of drug-likeness (QED) is 0.174. The van der Waals surface area contributed by atoms with Gasteiger partial charge in [-0.15, -0.1) is 0 Å². The largest absolute Gasteiger partial charge is 0.504 e. The number of phenolic OH excluding ortho intramolecular Hbond substituents is 2. The molecule has 0 aliphatic carbocycles. The number of phenols is 2. The maximum Gasteiger partial charge on any atom is 0.255 e. The van der Waals surface area contributed by atoms with E-state index >= 15 is 0 Å². The molecular formula is C11H15N3O4. The zero-order valence-electron chi connectivity index (χ0n) is 10.0. The summed E-state index contributed by atoms with van der Waals surface area (Å²) in [5.41, 5.74) is 4.22. The molecule has 0 spiro atoms. The zero-order chi connectivity index (χ0) is 13.9. The van der Waals surface area contributed by atoms with Gasteiger partial charge in [0.05, 0.1) is 11.1 Å². The van der Waals surface area contributed by atoms with Crippen LogP contribution < -0.4 is 11.1 Å². The van der Waals surface area contributed by atoms with Gasteiger partial charge < -0.3 is 26.5 Å². The summed E-state index contributed by atoms with van der Waals surface area (Å²) in [6.07, 6.45) is 0. The highest BCUT2D eigenvalue weighted by Crippen LogP contribution is 2.28. The summed E-state index contributed by atoms with van der Waals surface area (Å²) in [5, 5.41) is 32.7. The first-order chi connectivity index (χ1) is 8.29. The molecule has 1 aromatic rings. The molecule has 0 bridgehead atoms. The van der Waals surface area contributed by atoms with E-state index in [4.69, 9.17) is 10.9 Å². The van der Waals surface area contributed by atoms with Crippen LogP contribution in [0.15, 0.2) is 23.4 Å². The third-order valence-corrected chi connectivity index (χ3v) is 2.43. The minimum Gasteiger partial charge on any atom is -0.504 e. The van der Waals surface area contributed by atoms with Crippen LogP contribution in [-0.2, 0) is 0 Å². The Hall–Kier alpha value is -2.44. The van der Waals surface area contributed by atoms with Crippen LogP contribution in [0.2, 0.25) is 0 Å². The molecule has 0 aromatic heterocycles. The number of amides is 1. The van der Waals surface area contributed by atoms with E-state index in [9.17, 15) is 15.0 Å². The lowest BCUT2D eigenvalue weighted by molar-refractivity contribution is 0.0927. The van der Waals surface area contributed by atoms with Crippen LogP contribution in [0.4, 0.5) is 0 Å². The molecule has 0 atom stereocenters. The molecule has 0 fully saturated rings. The molecular weight excluding hydrogens is 238 g/mol. The Bertz CT molecular complexity index is 497. The molecule has 0 unspecified atom stereocenters. The summed E-state index contributed by atoms with van der Waals surface area (Å²) in [6.45, 7) is 3.06. The SMILES string of the molecule is CC(C)(NC(=O)c1cccc(O)c1O)/C(N)=N/O. The topological polar surface area (TPSA) is 128 Å². The van der Waals surface area contributed by atoms with Crippen molar-refractivity contribution >= 4 is 11.7 Å². The summed E-state index contributed by atoms with van der Waals surface area (Å²) in [5.74, 6) is -1.76. The van der Waals surface area contributed by atoms with Crippen LogP contribution >= 0.6 is 0 Å². The van der Waals surface area contributed by atoms with Gasteiger partial charge in [-0.1, -0.05) is 11.2 Å². The Kier molecular flexibility index (Phi) is 3.65. The van der Waals surface area contributed by atoms with Gasteiger partial charge in [0.1, 0.15) is 0 Å². The fourth-order valence-corrected chi connectivity index (χ4v) is 1.25. The van der Waals surface area contributed by atoms with Crippen molar-refractivity contribution in [2.75, 3.05) is 0 Å². The molecule has 1 aromatic carbocycles. The summed E-state index contributed by atoms with van der Waals surface area (Å²) in [7, 11) is 0. The lowest BCUT2D eigenvalue weighted by Crippen LogP contribution is -2.53. The zero-order valence-corrected chi connectivity index (χ0v) is 10.0. The Morgan fingerprint density at radius 3 is 2.56 bits per heavy atom. The van der Waals surface area contributed by atoms with Gasteiger partial charge in [-0.05, 0) is 26.0 Å². The number of nitrogens with one attached hydrogen (secondary N) is 1. The number of carbonyl (C=O) groups is 1. The van der Waals surface area contributed by atoms with Gasteiger partial charge in [0.15, 0.2) is 17.3 Å².